The lowest BCUT2D eigenvalue weighted by Gasteiger charge is -2.09. The SMILES string of the molecule is C[Si](C)(Cl)S/C(N)=N/N=C/c1ccccc1F. The summed E-state index contributed by atoms with van der Waals surface area (Å²) >= 11 is 7.40. The summed E-state index contributed by atoms with van der Waals surface area (Å²) in [6.07, 6.45) is 1.32. The second-order valence-corrected chi connectivity index (χ2v) is 14.2. The Morgan fingerprint density at radius 3 is 2.71 bits per heavy atom. The second-order valence-electron chi connectivity index (χ2n) is 3.67. The first-order valence-electron chi connectivity index (χ1n) is 4.87. The maximum atomic E-state index is 13.2. The fraction of sp³-hybridized carbons (Fsp3) is 0.200. The third-order valence-corrected chi connectivity index (χ3v) is 5.16. The molecule has 2 N–H and O–H groups in total. The van der Waals surface area contributed by atoms with Crippen molar-refractivity contribution in [3.05, 3.63) is 35.6 Å². The molecule has 0 aliphatic heterocycles. The highest BCUT2D eigenvalue weighted by molar-refractivity contribution is 8.43. The van der Waals surface area contributed by atoms with Crippen LogP contribution in [0.2, 0.25) is 13.1 Å². The van der Waals surface area contributed by atoms with Crippen molar-refractivity contribution in [1.29, 1.82) is 0 Å². The summed E-state index contributed by atoms with van der Waals surface area (Å²) in [5, 5.41) is 7.78. The standard InChI is InChI=1S/C10H13ClFN3SSi/c1-17(2,11)16-10(13)15-14-7-8-5-3-4-6-9(8)12/h3-7H,1-2H3,(H2,13,15)/b14-7+. The largest absolute Gasteiger partial charge is 0.377 e. The summed E-state index contributed by atoms with van der Waals surface area (Å²) in [4.78, 5) is 0. The van der Waals surface area contributed by atoms with Crippen LogP contribution in [-0.4, -0.2) is 17.9 Å². The third-order valence-electron chi connectivity index (χ3n) is 1.61. The summed E-state index contributed by atoms with van der Waals surface area (Å²) in [6, 6.07) is 6.30. The van der Waals surface area contributed by atoms with E-state index in [1.165, 1.54) is 23.5 Å². The molecular formula is C10H13ClFN3SSi. The fourth-order valence-corrected chi connectivity index (χ4v) is 3.91. The molecule has 92 valence electrons. The Bertz CT molecular complexity index is 445. The predicted octanol–water partition coefficient (Wildman–Crippen LogP) is 3.15. The number of amidine groups is 1. The van der Waals surface area contributed by atoms with Crippen molar-refractivity contribution in [2.75, 3.05) is 0 Å². The van der Waals surface area contributed by atoms with Gasteiger partial charge in [-0.1, -0.05) is 29.4 Å². The van der Waals surface area contributed by atoms with Crippen LogP contribution in [0.1, 0.15) is 5.56 Å². The molecule has 1 aromatic rings. The third kappa shape index (κ3) is 5.85. The highest BCUT2D eigenvalue weighted by Crippen LogP contribution is 2.23. The van der Waals surface area contributed by atoms with Crippen LogP contribution in [0, 0.1) is 5.82 Å². The number of hydrogen-bond donors (Lipinski definition) is 1. The molecule has 0 spiro atoms. The molecule has 0 bridgehead atoms. The van der Waals surface area contributed by atoms with E-state index in [0.29, 0.717) is 10.7 Å². The molecule has 0 amide bonds. The van der Waals surface area contributed by atoms with Crippen molar-refractivity contribution in [3.8, 4) is 0 Å². The van der Waals surface area contributed by atoms with Gasteiger partial charge in [0.25, 0.3) is 0 Å². The van der Waals surface area contributed by atoms with Crippen LogP contribution in [0.5, 0.6) is 0 Å². The van der Waals surface area contributed by atoms with Crippen molar-refractivity contribution in [1.82, 2.24) is 0 Å². The monoisotopic (exact) mass is 289 g/mol. The average molecular weight is 290 g/mol. The first-order chi connectivity index (χ1) is 7.88. The Labute approximate surface area is 109 Å². The Hall–Kier alpha value is -0.853. The molecular weight excluding hydrogens is 277 g/mol. The van der Waals surface area contributed by atoms with Crippen molar-refractivity contribution in [2.24, 2.45) is 15.9 Å². The minimum atomic E-state index is -1.88. The molecule has 3 nitrogen and oxygen atoms in total. The average Bonchev–Trinajstić information content (AvgIpc) is 2.18. The van der Waals surface area contributed by atoms with Crippen LogP contribution >= 0.6 is 22.3 Å². The van der Waals surface area contributed by atoms with Gasteiger partial charge >= 0.3 is 0 Å². The predicted molar refractivity (Wildman–Crippen MR) is 76.5 cm³/mol. The summed E-state index contributed by atoms with van der Waals surface area (Å²) in [6.45, 7) is 1.99. The van der Waals surface area contributed by atoms with Gasteiger partial charge in [-0.15, -0.1) is 5.10 Å². The zero-order valence-corrected chi connectivity index (χ0v) is 12.1. The van der Waals surface area contributed by atoms with E-state index in [9.17, 15) is 4.39 Å². The normalized spacial score (nSPS) is 13.3. The fourth-order valence-electron chi connectivity index (χ4n) is 0.997. The zero-order chi connectivity index (χ0) is 12.9. The van der Waals surface area contributed by atoms with E-state index < -0.39 is 6.53 Å². The summed E-state index contributed by atoms with van der Waals surface area (Å²) in [7, 11) is 0. The maximum Gasteiger partial charge on any atom is 0.218 e. The molecule has 1 aromatic carbocycles. The molecule has 0 aromatic heterocycles. The number of rotatable bonds is 3. The van der Waals surface area contributed by atoms with E-state index in [1.807, 2.05) is 13.1 Å². The minimum Gasteiger partial charge on any atom is -0.377 e. The van der Waals surface area contributed by atoms with E-state index in [4.69, 9.17) is 16.8 Å². The van der Waals surface area contributed by atoms with Gasteiger partial charge in [0.15, 0.2) is 5.17 Å². The van der Waals surface area contributed by atoms with Gasteiger partial charge in [-0.3, -0.25) is 0 Å². The number of hydrogen-bond acceptors (Lipinski definition) is 3. The highest BCUT2D eigenvalue weighted by Gasteiger charge is 2.19. The van der Waals surface area contributed by atoms with Gasteiger partial charge in [-0.25, -0.2) is 4.39 Å². The summed E-state index contributed by atoms with van der Waals surface area (Å²) in [5.41, 5.74) is 5.99. The molecule has 0 saturated heterocycles. The number of nitrogens with two attached hydrogens (primary N) is 1. The molecule has 0 fully saturated rings. The molecule has 0 saturated carbocycles. The summed E-state index contributed by atoms with van der Waals surface area (Å²) < 4.78 is 13.2. The Morgan fingerprint density at radius 1 is 1.47 bits per heavy atom. The van der Waals surface area contributed by atoms with Gasteiger partial charge in [-0.2, -0.15) is 16.2 Å². The van der Waals surface area contributed by atoms with Crippen LogP contribution in [-0.2, 0) is 0 Å². The molecule has 0 aliphatic rings. The lowest BCUT2D eigenvalue weighted by molar-refractivity contribution is 0.626. The number of halogens is 2. The summed E-state index contributed by atoms with van der Waals surface area (Å²) in [5.74, 6) is -0.343. The van der Waals surface area contributed by atoms with Gasteiger partial charge in [-0.05, 0) is 19.2 Å². The first kappa shape index (κ1) is 14.2. The molecule has 7 heteroatoms. The smallest absolute Gasteiger partial charge is 0.218 e. The molecule has 0 atom stereocenters. The van der Waals surface area contributed by atoms with Gasteiger partial charge in [0, 0.05) is 5.56 Å². The van der Waals surface area contributed by atoms with Gasteiger partial charge in [0.1, 0.15) is 5.82 Å². The number of benzene rings is 1. The van der Waals surface area contributed by atoms with Crippen molar-refractivity contribution < 1.29 is 4.39 Å². The van der Waals surface area contributed by atoms with Gasteiger partial charge in [0.05, 0.1) is 6.21 Å². The quantitative estimate of drug-likeness (QED) is 0.305. The molecule has 0 unspecified atom stereocenters. The van der Waals surface area contributed by atoms with Crippen molar-refractivity contribution >= 4 is 40.2 Å². The lowest BCUT2D eigenvalue weighted by Crippen LogP contribution is -2.19. The van der Waals surface area contributed by atoms with E-state index in [2.05, 4.69) is 10.2 Å². The van der Waals surface area contributed by atoms with Crippen LogP contribution < -0.4 is 5.73 Å². The zero-order valence-electron chi connectivity index (χ0n) is 9.52. The van der Waals surface area contributed by atoms with E-state index in [0.717, 1.165) is 0 Å². The molecule has 1 rings (SSSR count). The van der Waals surface area contributed by atoms with Crippen LogP contribution in [0.15, 0.2) is 34.5 Å². The lowest BCUT2D eigenvalue weighted by atomic mass is 10.2. The molecule has 0 heterocycles. The second kappa shape index (κ2) is 6.18. The topological polar surface area (TPSA) is 50.7 Å². The van der Waals surface area contributed by atoms with Crippen LogP contribution in [0.3, 0.4) is 0 Å². The van der Waals surface area contributed by atoms with Crippen molar-refractivity contribution in [3.63, 3.8) is 0 Å². The van der Waals surface area contributed by atoms with E-state index in [-0.39, 0.29) is 5.82 Å². The van der Waals surface area contributed by atoms with Gasteiger partial charge in [0.2, 0.25) is 6.53 Å². The highest BCUT2D eigenvalue weighted by atomic mass is 35.6. The Morgan fingerprint density at radius 2 is 2.12 bits per heavy atom. The Kier molecular flexibility index (Phi) is 5.17. The van der Waals surface area contributed by atoms with E-state index >= 15 is 0 Å². The molecule has 0 radical (unpaired) electrons. The van der Waals surface area contributed by atoms with E-state index in [1.54, 1.807) is 18.2 Å². The first-order valence-corrected chi connectivity index (χ1v) is 10.4. The number of nitrogens with zero attached hydrogens (tertiary/aromatic N) is 2. The van der Waals surface area contributed by atoms with Crippen LogP contribution in [0.4, 0.5) is 4.39 Å². The maximum absolute atomic E-state index is 13.2. The Balaban J connectivity index is 2.67. The van der Waals surface area contributed by atoms with Crippen LogP contribution in [0.25, 0.3) is 0 Å². The minimum absolute atomic E-state index is 0.296. The molecule has 0 aliphatic carbocycles. The molecule has 17 heavy (non-hydrogen) atoms. The van der Waals surface area contributed by atoms with Crippen molar-refractivity contribution in [2.45, 2.75) is 13.1 Å². The van der Waals surface area contributed by atoms with Gasteiger partial charge < -0.3 is 5.73 Å².